The van der Waals surface area contributed by atoms with Gasteiger partial charge in [0.05, 0.1) is 12.0 Å². The molecule has 0 bridgehead atoms. The second kappa shape index (κ2) is 6.07. The van der Waals surface area contributed by atoms with Crippen LogP contribution in [0.25, 0.3) is 10.2 Å². The summed E-state index contributed by atoms with van der Waals surface area (Å²) in [6, 6.07) is 0. The van der Waals surface area contributed by atoms with Gasteiger partial charge >= 0.3 is 5.97 Å². The van der Waals surface area contributed by atoms with Crippen molar-refractivity contribution >= 4 is 27.5 Å². The Balaban J connectivity index is 2.88. The van der Waals surface area contributed by atoms with Gasteiger partial charge in [-0.1, -0.05) is 13.8 Å². The molecule has 0 radical (unpaired) electrons. The molecule has 23 heavy (non-hydrogen) atoms. The molecule has 2 aromatic heterocycles. The number of aromatic nitrogens is 2. The van der Waals surface area contributed by atoms with Crippen LogP contribution in [0.15, 0.2) is 4.79 Å². The first-order valence-electron chi connectivity index (χ1n) is 7.83. The summed E-state index contributed by atoms with van der Waals surface area (Å²) in [6.07, 6.45) is 0. The third-order valence-corrected chi connectivity index (χ3v) is 5.18. The topological polar surface area (TPSA) is 61.2 Å². The van der Waals surface area contributed by atoms with Crippen molar-refractivity contribution in [3.63, 3.8) is 0 Å². The fraction of sp³-hybridized carbons (Fsp3) is 0.588. The molecule has 0 amide bonds. The maximum Gasteiger partial charge on any atom is 0.331 e. The molecule has 0 aliphatic heterocycles. The summed E-state index contributed by atoms with van der Waals surface area (Å²) in [6.45, 7) is 13.3. The number of rotatable bonds is 4. The number of hydrogen-bond donors (Lipinski definition) is 0. The zero-order chi connectivity index (χ0) is 17.5. The maximum atomic E-state index is 13.2. The molecule has 0 fully saturated rings. The van der Waals surface area contributed by atoms with Crippen molar-refractivity contribution in [3.05, 3.63) is 26.6 Å². The van der Waals surface area contributed by atoms with E-state index in [4.69, 9.17) is 9.72 Å². The minimum atomic E-state index is -1.10. The molecule has 0 aromatic carbocycles. The van der Waals surface area contributed by atoms with Crippen LogP contribution in [-0.2, 0) is 15.1 Å². The van der Waals surface area contributed by atoms with E-state index >= 15 is 0 Å². The van der Waals surface area contributed by atoms with E-state index in [9.17, 15) is 9.59 Å². The Hall–Kier alpha value is -1.69. The molecule has 0 saturated carbocycles. The number of hydrogen-bond acceptors (Lipinski definition) is 5. The second-order valence-corrected chi connectivity index (χ2v) is 7.71. The number of esters is 1. The van der Waals surface area contributed by atoms with Crippen LogP contribution in [0.1, 0.15) is 56.8 Å². The van der Waals surface area contributed by atoms with Crippen molar-refractivity contribution in [2.75, 3.05) is 6.61 Å². The summed E-state index contributed by atoms with van der Waals surface area (Å²) in [5.74, 6) is 0.208. The summed E-state index contributed by atoms with van der Waals surface area (Å²) in [7, 11) is 0. The molecule has 5 nitrogen and oxygen atoms in total. The van der Waals surface area contributed by atoms with Gasteiger partial charge in [0.15, 0.2) is 0 Å². The van der Waals surface area contributed by atoms with Gasteiger partial charge in [0.1, 0.15) is 16.2 Å². The van der Waals surface area contributed by atoms with Crippen LogP contribution in [0.2, 0.25) is 0 Å². The zero-order valence-electron chi connectivity index (χ0n) is 14.8. The lowest BCUT2D eigenvalue weighted by molar-refractivity contribution is -0.152. The summed E-state index contributed by atoms with van der Waals surface area (Å²) >= 11 is 1.52. The molecule has 0 N–H and O–H groups in total. The molecule has 0 aliphatic carbocycles. The lowest BCUT2D eigenvalue weighted by Crippen LogP contribution is -2.46. The molecule has 0 aliphatic rings. The van der Waals surface area contributed by atoms with Gasteiger partial charge < -0.3 is 4.74 Å². The van der Waals surface area contributed by atoms with Crippen LogP contribution >= 0.6 is 11.3 Å². The highest BCUT2D eigenvalue weighted by molar-refractivity contribution is 7.18. The van der Waals surface area contributed by atoms with E-state index in [2.05, 4.69) is 0 Å². The molecule has 2 heterocycles. The third-order valence-electron chi connectivity index (χ3n) is 4.08. The number of carbonyl (C=O) groups is 1. The average molecular weight is 336 g/mol. The summed E-state index contributed by atoms with van der Waals surface area (Å²) in [5.41, 5.74) is -0.333. The summed E-state index contributed by atoms with van der Waals surface area (Å²) in [5, 5.41) is 0.606. The van der Waals surface area contributed by atoms with Crippen LogP contribution in [0.5, 0.6) is 0 Å². The number of fused-ring (bicyclic) bond motifs is 1. The Bertz CT molecular complexity index is 815. The van der Waals surface area contributed by atoms with E-state index in [1.54, 1.807) is 20.8 Å². The first kappa shape index (κ1) is 17.7. The molecule has 2 aromatic rings. The van der Waals surface area contributed by atoms with Gasteiger partial charge in [0.2, 0.25) is 0 Å². The van der Waals surface area contributed by atoms with Crippen molar-refractivity contribution in [1.29, 1.82) is 0 Å². The van der Waals surface area contributed by atoms with Crippen LogP contribution in [0.4, 0.5) is 0 Å². The monoisotopic (exact) mass is 336 g/mol. The Morgan fingerprint density at radius 3 is 2.48 bits per heavy atom. The fourth-order valence-electron chi connectivity index (χ4n) is 2.64. The quantitative estimate of drug-likeness (QED) is 0.802. The Labute approximate surface area is 140 Å². The molecule has 6 heteroatoms. The van der Waals surface area contributed by atoms with Gasteiger partial charge in [0, 0.05) is 10.8 Å². The number of aryl methyl sites for hydroxylation is 2. The predicted molar refractivity (Wildman–Crippen MR) is 93.4 cm³/mol. The maximum absolute atomic E-state index is 13.2. The van der Waals surface area contributed by atoms with E-state index < -0.39 is 11.5 Å². The van der Waals surface area contributed by atoms with Gasteiger partial charge in [-0.3, -0.25) is 9.36 Å². The van der Waals surface area contributed by atoms with Crippen LogP contribution < -0.4 is 5.56 Å². The van der Waals surface area contributed by atoms with Crippen molar-refractivity contribution in [3.8, 4) is 0 Å². The highest BCUT2D eigenvalue weighted by Crippen LogP contribution is 2.30. The Morgan fingerprint density at radius 2 is 1.96 bits per heavy atom. The molecule has 126 valence electrons. The summed E-state index contributed by atoms with van der Waals surface area (Å²) < 4.78 is 6.69. The van der Waals surface area contributed by atoms with Crippen molar-refractivity contribution in [2.45, 2.75) is 59.9 Å². The first-order valence-corrected chi connectivity index (χ1v) is 8.64. The smallest absolute Gasteiger partial charge is 0.331 e. The minimum Gasteiger partial charge on any atom is -0.464 e. The molecule has 0 unspecified atom stereocenters. The van der Waals surface area contributed by atoms with Crippen molar-refractivity contribution < 1.29 is 9.53 Å². The largest absolute Gasteiger partial charge is 0.464 e. The number of ether oxygens (including phenoxy) is 1. The fourth-order valence-corrected chi connectivity index (χ4v) is 3.66. The SMILES string of the molecule is CCOC(=O)C(C)(C)n1c(C(C)C)nc2sc(C)c(C)c2c1=O. The van der Waals surface area contributed by atoms with Gasteiger partial charge in [-0.15, -0.1) is 11.3 Å². The molecule has 2 rings (SSSR count). The van der Waals surface area contributed by atoms with E-state index in [0.29, 0.717) is 11.2 Å². The highest BCUT2D eigenvalue weighted by Gasteiger charge is 2.36. The third kappa shape index (κ3) is 2.80. The van der Waals surface area contributed by atoms with Crippen molar-refractivity contribution in [1.82, 2.24) is 9.55 Å². The van der Waals surface area contributed by atoms with Gasteiger partial charge in [-0.2, -0.15) is 0 Å². The van der Waals surface area contributed by atoms with Crippen LogP contribution in [0.3, 0.4) is 0 Å². The Kier molecular flexibility index (Phi) is 4.66. The Morgan fingerprint density at radius 1 is 1.35 bits per heavy atom. The minimum absolute atomic E-state index is 0.0171. The normalized spacial score (nSPS) is 12.2. The molecular weight excluding hydrogens is 312 g/mol. The number of carbonyl (C=O) groups excluding carboxylic acids is 1. The summed E-state index contributed by atoms with van der Waals surface area (Å²) in [4.78, 5) is 32.1. The zero-order valence-corrected chi connectivity index (χ0v) is 15.6. The van der Waals surface area contributed by atoms with Gasteiger partial charge in [0.25, 0.3) is 5.56 Å². The lowest BCUT2D eigenvalue weighted by atomic mass is 10.0. The lowest BCUT2D eigenvalue weighted by Gasteiger charge is -2.28. The predicted octanol–water partition coefficient (Wildman–Crippen LogP) is 3.50. The van der Waals surface area contributed by atoms with Crippen LogP contribution in [0, 0.1) is 13.8 Å². The highest BCUT2D eigenvalue weighted by atomic mass is 32.1. The van der Waals surface area contributed by atoms with E-state index in [0.717, 1.165) is 15.3 Å². The average Bonchev–Trinajstić information content (AvgIpc) is 2.73. The first-order chi connectivity index (χ1) is 10.6. The molecular formula is C17H24N2O3S. The molecule has 0 spiro atoms. The van der Waals surface area contributed by atoms with Crippen molar-refractivity contribution in [2.24, 2.45) is 0 Å². The second-order valence-electron chi connectivity index (χ2n) is 6.51. The standard InChI is InChI=1S/C17H24N2O3S/c1-8-22-16(21)17(6,7)19-13(9(2)3)18-14-12(15(19)20)10(4)11(5)23-14/h9H,8H2,1-7H3. The van der Waals surface area contributed by atoms with E-state index in [1.807, 2.05) is 27.7 Å². The molecule has 0 atom stereocenters. The van der Waals surface area contributed by atoms with E-state index in [1.165, 1.54) is 15.9 Å². The van der Waals surface area contributed by atoms with Crippen LogP contribution in [-0.4, -0.2) is 22.1 Å². The van der Waals surface area contributed by atoms with E-state index in [-0.39, 0.29) is 18.1 Å². The number of nitrogens with zero attached hydrogens (tertiary/aromatic N) is 2. The van der Waals surface area contributed by atoms with Gasteiger partial charge in [-0.25, -0.2) is 9.78 Å². The molecule has 0 saturated heterocycles. The number of thiophene rings is 1. The van der Waals surface area contributed by atoms with Gasteiger partial charge in [-0.05, 0) is 40.2 Å².